The molecule has 0 radical (unpaired) electrons. The molecule has 8 nitrogen and oxygen atoms in total. The molecule has 2 heterocycles. The molecular formula is C19H25N3O5S2. The van der Waals surface area contributed by atoms with Gasteiger partial charge in [-0.2, -0.15) is 0 Å². The number of carbonyl (C=O) groups excluding carboxylic acids is 1. The van der Waals surface area contributed by atoms with Crippen LogP contribution < -0.4 is 14.8 Å². The molecule has 0 aliphatic carbocycles. The molecule has 0 saturated carbocycles. The SMILES string of the molecule is COc1ccc(-c2nc(CC(=O)NC3CCCN(S(C)(=O)=O)C3)cs2)cc1OC. The lowest BCUT2D eigenvalue weighted by Gasteiger charge is -2.31. The summed E-state index contributed by atoms with van der Waals surface area (Å²) in [6.07, 6.45) is 2.85. The Morgan fingerprint density at radius 1 is 1.31 bits per heavy atom. The summed E-state index contributed by atoms with van der Waals surface area (Å²) in [7, 11) is -0.0782. The molecule has 1 unspecified atom stereocenters. The highest BCUT2D eigenvalue weighted by molar-refractivity contribution is 7.88. The van der Waals surface area contributed by atoms with Gasteiger partial charge < -0.3 is 14.8 Å². The van der Waals surface area contributed by atoms with E-state index in [2.05, 4.69) is 10.3 Å². The van der Waals surface area contributed by atoms with Gasteiger partial charge >= 0.3 is 0 Å². The van der Waals surface area contributed by atoms with Crippen molar-refractivity contribution in [2.75, 3.05) is 33.6 Å². The maximum absolute atomic E-state index is 12.4. The van der Waals surface area contributed by atoms with Crippen molar-refractivity contribution >= 4 is 27.3 Å². The van der Waals surface area contributed by atoms with Gasteiger partial charge in [-0.15, -0.1) is 11.3 Å². The number of thiazole rings is 1. The number of hydrogen-bond donors (Lipinski definition) is 1. The molecule has 1 saturated heterocycles. The summed E-state index contributed by atoms with van der Waals surface area (Å²) in [6, 6.07) is 5.39. The van der Waals surface area contributed by atoms with Crippen LogP contribution in [-0.4, -0.2) is 63.2 Å². The Kier molecular flexibility index (Phi) is 6.76. The van der Waals surface area contributed by atoms with E-state index >= 15 is 0 Å². The third-order valence-electron chi connectivity index (χ3n) is 4.74. The quantitative estimate of drug-likeness (QED) is 0.708. The molecule has 10 heteroatoms. The molecule has 1 aromatic heterocycles. The highest BCUT2D eigenvalue weighted by Crippen LogP contribution is 2.33. The van der Waals surface area contributed by atoms with Gasteiger partial charge in [0, 0.05) is 30.1 Å². The maximum Gasteiger partial charge on any atom is 0.226 e. The van der Waals surface area contributed by atoms with E-state index in [0.29, 0.717) is 30.3 Å². The summed E-state index contributed by atoms with van der Waals surface area (Å²) in [5.74, 6) is 1.10. The van der Waals surface area contributed by atoms with Crippen LogP contribution in [0, 0.1) is 0 Å². The van der Waals surface area contributed by atoms with Gasteiger partial charge in [0.05, 0.1) is 32.6 Å². The van der Waals surface area contributed by atoms with E-state index in [4.69, 9.17) is 9.47 Å². The Bertz CT molecular complexity index is 974. The second-order valence-electron chi connectivity index (χ2n) is 6.92. The zero-order valence-electron chi connectivity index (χ0n) is 16.7. The van der Waals surface area contributed by atoms with Crippen LogP contribution in [0.15, 0.2) is 23.6 Å². The first kappa shape index (κ1) is 21.5. The van der Waals surface area contributed by atoms with E-state index in [9.17, 15) is 13.2 Å². The van der Waals surface area contributed by atoms with Crippen LogP contribution in [0.25, 0.3) is 10.6 Å². The van der Waals surface area contributed by atoms with Gasteiger partial charge in [0.1, 0.15) is 5.01 Å². The number of rotatable bonds is 7. The number of amides is 1. The van der Waals surface area contributed by atoms with E-state index in [1.807, 2.05) is 23.6 Å². The van der Waals surface area contributed by atoms with Crippen LogP contribution in [0.1, 0.15) is 18.5 Å². The highest BCUT2D eigenvalue weighted by atomic mass is 32.2. The molecule has 1 aliphatic heterocycles. The molecule has 2 aromatic rings. The van der Waals surface area contributed by atoms with E-state index in [1.165, 1.54) is 21.9 Å². The average molecular weight is 440 g/mol. The molecule has 1 amide bonds. The number of nitrogens with one attached hydrogen (secondary N) is 1. The molecule has 1 atom stereocenters. The Balaban J connectivity index is 1.62. The number of sulfonamides is 1. The van der Waals surface area contributed by atoms with Crippen LogP contribution in [-0.2, 0) is 21.2 Å². The van der Waals surface area contributed by atoms with Crippen molar-refractivity contribution in [1.82, 2.24) is 14.6 Å². The number of piperidine rings is 1. The molecule has 3 rings (SSSR count). The van der Waals surface area contributed by atoms with Crippen LogP contribution in [0.4, 0.5) is 0 Å². The Hall–Kier alpha value is -2.17. The largest absolute Gasteiger partial charge is 0.493 e. The molecule has 29 heavy (non-hydrogen) atoms. The zero-order valence-corrected chi connectivity index (χ0v) is 18.3. The molecule has 1 aliphatic rings. The minimum absolute atomic E-state index is 0.152. The van der Waals surface area contributed by atoms with Crippen molar-refractivity contribution in [2.45, 2.75) is 25.3 Å². The topological polar surface area (TPSA) is 97.8 Å². The van der Waals surface area contributed by atoms with Crippen molar-refractivity contribution in [3.05, 3.63) is 29.3 Å². The van der Waals surface area contributed by atoms with E-state index < -0.39 is 10.0 Å². The number of carbonyl (C=O) groups is 1. The minimum atomic E-state index is -3.24. The molecule has 1 N–H and O–H groups in total. The predicted molar refractivity (Wildman–Crippen MR) is 112 cm³/mol. The van der Waals surface area contributed by atoms with Crippen molar-refractivity contribution in [2.24, 2.45) is 0 Å². The van der Waals surface area contributed by atoms with Gasteiger partial charge in [-0.1, -0.05) is 0 Å². The number of methoxy groups -OCH3 is 2. The number of aromatic nitrogens is 1. The lowest BCUT2D eigenvalue weighted by atomic mass is 10.1. The Morgan fingerprint density at radius 2 is 2.07 bits per heavy atom. The summed E-state index contributed by atoms with van der Waals surface area (Å²) in [5.41, 5.74) is 1.56. The second kappa shape index (κ2) is 9.10. The number of hydrogen-bond acceptors (Lipinski definition) is 7. The first-order valence-electron chi connectivity index (χ1n) is 9.21. The van der Waals surface area contributed by atoms with Gasteiger partial charge in [-0.05, 0) is 31.0 Å². The third kappa shape index (κ3) is 5.46. The molecular weight excluding hydrogens is 414 g/mol. The second-order valence-corrected chi connectivity index (χ2v) is 9.76. The maximum atomic E-state index is 12.4. The first-order chi connectivity index (χ1) is 13.8. The van der Waals surface area contributed by atoms with Crippen LogP contribution in [0.5, 0.6) is 11.5 Å². The smallest absolute Gasteiger partial charge is 0.226 e. The van der Waals surface area contributed by atoms with Crippen molar-refractivity contribution < 1.29 is 22.7 Å². The van der Waals surface area contributed by atoms with Crippen LogP contribution in [0.2, 0.25) is 0 Å². The van der Waals surface area contributed by atoms with Gasteiger partial charge in [-0.25, -0.2) is 17.7 Å². The van der Waals surface area contributed by atoms with E-state index in [1.54, 1.807) is 14.2 Å². The van der Waals surface area contributed by atoms with E-state index in [-0.39, 0.29) is 18.4 Å². The monoisotopic (exact) mass is 439 g/mol. The molecule has 0 spiro atoms. The lowest BCUT2D eigenvalue weighted by Crippen LogP contribution is -2.49. The fraction of sp³-hybridized carbons (Fsp3) is 0.474. The fourth-order valence-electron chi connectivity index (χ4n) is 3.29. The van der Waals surface area contributed by atoms with E-state index in [0.717, 1.165) is 23.4 Å². The zero-order chi connectivity index (χ0) is 21.0. The molecule has 158 valence electrons. The standard InChI is InChI=1S/C19H25N3O5S2/c1-26-16-7-6-13(9-17(16)27-2)19-21-15(12-28-19)10-18(23)20-14-5-4-8-22(11-14)29(3,24)25/h6-7,9,12,14H,4-5,8,10-11H2,1-3H3,(H,20,23). The molecule has 0 bridgehead atoms. The van der Waals surface area contributed by atoms with Crippen LogP contribution in [0.3, 0.4) is 0 Å². The predicted octanol–water partition coefficient (Wildman–Crippen LogP) is 1.91. The van der Waals surface area contributed by atoms with Crippen molar-refractivity contribution in [3.8, 4) is 22.1 Å². The molecule has 1 aromatic carbocycles. The minimum Gasteiger partial charge on any atom is -0.493 e. The summed E-state index contributed by atoms with van der Waals surface area (Å²) in [4.78, 5) is 17.0. The van der Waals surface area contributed by atoms with Crippen molar-refractivity contribution in [1.29, 1.82) is 0 Å². The number of benzene rings is 1. The normalized spacial score (nSPS) is 17.7. The third-order valence-corrected chi connectivity index (χ3v) is 6.95. The Morgan fingerprint density at radius 3 is 2.76 bits per heavy atom. The highest BCUT2D eigenvalue weighted by Gasteiger charge is 2.26. The fourth-order valence-corrected chi connectivity index (χ4v) is 5.02. The summed E-state index contributed by atoms with van der Waals surface area (Å²) in [6.45, 7) is 0.824. The molecule has 1 fully saturated rings. The van der Waals surface area contributed by atoms with Gasteiger partial charge in [-0.3, -0.25) is 4.79 Å². The van der Waals surface area contributed by atoms with Crippen LogP contribution >= 0.6 is 11.3 Å². The van der Waals surface area contributed by atoms with Gasteiger partial charge in [0.25, 0.3) is 0 Å². The lowest BCUT2D eigenvalue weighted by molar-refractivity contribution is -0.121. The van der Waals surface area contributed by atoms with Gasteiger partial charge in [0.15, 0.2) is 11.5 Å². The summed E-state index contributed by atoms with van der Waals surface area (Å²) >= 11 is 1.45. The summed E-state index contributed by atoms with van der Waals surface area (Å²) < 4.78 is 35.4. The number of ether oxygens (including phenoxy) is 2. The number of nitrogens with zero attached hydrogens (tertiary/aromatic N) is 2. The average Bonchev–Trinajstić information content (AvgIpc) is 3.15. The van der Waals surface area contributed by atoms with Crippen molar-refractivity contribution in [3.63, 3.8) is 0 Å². The first-order valence-corrected chi connectivity index (χ1v) is 11.9. The summed E-state index contributed by atoms with van der Waals surface area (Å²) in [5, 5.41) is 5.58. The van der Waals surface area contributed by atoms with Gasteiger partial charge in [0.2, 0.25) is 15.9 Å². The Labute approximate surface area is 174 Å².